The highest BCUT2D eigenvalue weighted by atomic mass is 32.2. The van der Waals surface area contributed by atoms with Crippen LogP contribution in [0.1, 0.15) is 22.8 Å². The van der Waals surface area contributed by atoms with Crippen molar-refractivity contribution in [3.05, 3.63) is 47.5 Å². The van der Waals surface area contributed by atoms with Crippen molar-refractivity contribution in [1.29, 1.82) is 0 Å². The molecule has 1 heterocycles. The molecule has 2 aromatic carbocycles. The number of anilines is 2. The molecule has 0 aliphatic carbocycles. The van der Waals surface area contributed by atoms with Crippen molar-refractivity contribution in [1.82, 2.24) is 0 Å². The molecule has 0 aromatic heterocycles. The summed E-state index contributed by atoms with van der Waals surface area (Å²) < 4.78 is 54.4. The van der Waals surface area contributed by atoms with Crippen molar-refractivity contribution in [3.8, 4) is 5.75 Å². The molecule has 2 amide bonds. The van der Waals surface area contributed by atoms with Crippen LogP contribution < -0.4 is 15.4 Å². The van der Waals surface area contributed by atoms with E-state index in [4.69, 9.17) is 14.2 Å². The van der Waals surface area contributed by atoms with Gasteiger partial charge in [-0.05, 0) is 43.3 Å². The summed E-state index contributed by atoms with van der Waals surface area (Å²) in [5.74, 6) is -1.90. The maximum atomic E-state index is 13.1. The lowest BCUT2D eigenvalue weighted by atomic mass is 10.1. The van der Waals surface area contributed by atoms with Crippen molar-refractivity contribution in [2.24, 2.45) is 0 Å². The molecule has 0 radical (unpaired) electrons. The zero-order valence-electron chi connectivity index (χ0n) is 18.2. The largest absolute Gasteiger partial charge is 0.489 e. The maximum Gasteiger partial charge on any atom is 0.416 e. The Morgan fingerprint density at radius 1 is 1.15 bits per heavy atom. The zero-order valence-corrected chi connectivity index (χ0v) is 19.0. The number of carbonyl (C=O) groups excluding carboxylic acids is 3. The number of fused-ring (bicyclic) bond motifs is 1. The van der Waals surface area contributed by atoms with Crippen molar-refractivity contribution in [3.63, 3.8) is 0 Å². The number of ether oxygens (including phenoxy) is 3. The molecule has 0 spiro atoms. The first-order valence-corrected chi connectivity index (χ1v) is 10.9. The number of methoxy groups -OCH3 is 1. The first-order valence-electron chi connectivity index (χ1n) is 10.00. The van der Waals surface area contributed by atoms with E-state index < -0.39 is 30.2 Å². The smallest absolute Gasteiger partial charge is 0.416 e. The monoisotopic (exact) mass is 498 g/mol. The Labute approximate surface area is 197 Å². The molecular formula is C22H21F3N2O6S. The molecule has 0 bridgehead atoms. The summed E-state index contributed by atoms with van der Waals surface area (Å²) in [6, 6.07) is 7.21. The molecule has 8 nitrogen and oxygen atoms in total. The van der Waals surface area contributed by atoms with Crippen LogP contribution >= 0.6 is 11.8 Å². The number of esters is 1. The SMILES string of the molecule is COCCOc1ccc(C(F)(F)F)cc1NC(=O)COC(=O)c1ccc2c(c1)NC(=O)[C@@H](C)S2. The molecule has 1 aliphatic rings. The van der Waals surface area contributed by atoms with Gasteiger partial charge in [0.2, 0.25) is 5.91 Å². The molecule has 34 heavy (non-hydrogen) atoms. The average molecular weight is 498 g/mol. The van der Waals surface area contributed by atoms with Crippen molar-refractivity contribution in [2.45, 2.75) is 23.2 Å². The second kappa shape index (κ2) is 10.8. The minimum absolute atomic E-state index is 0.00174. The normalized spacial score (nSPS) is 15.2. The van der Waals surface area contributed by atoms with Crippen LogP contribution in [0, 0.1) is 0 Å². The van der Waals surface area contributed by atoms with Gasteiger partial charge in [-0.2, -0.15) is 13.2 Å². The molecule has 0 saturated heterocycles. The Morgan fingerprint density at radius 2 is 1.91 bits per heavy atom. The predicted molar refractivity (Wildman–Crippen MR) is 118 cm³/mol. The van der Waals surface area contributed by atoms with E-state index in [0.29, 0.717) is 5.69 Å². The Kier molecular flexibility index (Phi) is 8.05. The van der Waals surface area contributed by atoms with Crippen LogP contribution in [0.2, 0.25) is 0 Å². The fourth-order valence-corrected chi connectivity index (χ4v) is 3.83. The van der Waals surface area contributed by atoms with Gasteiger partial charge in [-0.15, -0.1) is 11.8 Å². The minimum Gasteiger partial charge on any atom is -0.489 e. The number of rotatable bonds is 8. The van der Waals surface area contributed by atoms with Crippen LogP contribution in [0.4, 0.5) is 24.5 Å². The molecule has 2 N–H and O–H groups in total. The Bertz CT molecular complexity index is 1090. The molecule has 182 valence electrons. The van der Waals surface area contributed by atoms with Gasteiger partial charge >= 0.3 is 12.1 Å². The van der Waals surface area contributed by atoms with Gasteiger partial charge in [0.25, 0.3) is 5.91 Å². The second-order valence-electron chi connectivity index (χ2n) is 7.13. The molecule has 0 unspecified atom stereocenters. The van der Waals surface area contributed by atoms with Gasteiger partial charge in [0.15, 0.2) is 6.61 Å². The summed E-state index contributed by atoms with van der Waals surface area (Å²) in [6.45, 7) is 1.24. The van der Waals surface area contributed by atoms with E-state index in [1.807, 2.05) is 0 Å². The van der Waals surface area contributed by atoms with E-state index in [2.05, 4.69) is 10.6 Å². The minimum atomic E-state index is -4.63. The van der Waals surface area contributed by atoms with Crippen LogP contribution in [0.25, 0.3) is 0 Å². The summed E-state index contributed by atoms with van der Waals surface area (Å²) in [5, 5.41) is 4.69. The van der Waals surface area contributed by atoms with Gasteiger partial charge in [0.1, 0.15) is 12.4 Å². The van der Waals surface area contributed by atoms with E-state index in [0.717, 1.165) is 23.1 Å². The number of alkyl halides is 3. The third-order valence-electron chi connectivity index (χ3n) is 4.61. The summed E-state index contributed by atoms with van der Waals surface area (Å²) in [5.41, 5.74) is -0.657. The van der Waals surface area contributed by atoms with E-state index >= 15 is 0 Å². The molecule has 3 rings (SSSR count). The first-order chi connectivity index (χ1) is 16.1. The highest BCUT2D eigenvalue weighted by molar-refractivity contribution is 8.00. The number of hydrogen-bond acceptors (Lipinski definition) is 7. The Balaban J connectivity index is 1.65. The molecule has 1 aliphatic heterocycles. The number of carbonyl (C=O) groups is 3. The number of hydrogen-bond donors (Lipinski definition) is 2. The summed E-state index contributed by atoms with van der Waals surface area (Å²) >= 11 is 1.34. The van der Waals surface area contributed by atoms with E-state index in [1.165, 1.54) is 31.0 Å². The van der Waals surface area contributed by atoms with E-state index in [1.54, 1.807) is 13.0 Å². The summed E-state index contributed by atoms with van der Waals surface area (Å²) in [6.07, 6.45) is -4.63. The Morgan fingerprint density at radius 3 is 2.62 bits per heavy atom. The van der Waals surface area contributed by atoms with Crippen LogP contribution in [0.5, 0.6) is 5.75 Å². The van der Waals surface area contributed by atoms with Crippen molar-refractivity contribution < 1.29 is 41.8 Å². The highest BCUT2D eigenvalue weighted by Crippen LogP contribution is 2.36. The molecule has 0 fully saturated rings. The van der Waals surface area contributed by atoms with Gasteiger partial charge < -0.3 is 24.8 Å². The third-order valence-corrected chi connectivity index (χ3v) is 5.78. The van der Waals surface area contributed by atoms with Crippen molar-refractivity contribution >= 4 is 40.9 Å². The average Bonchev–Trinajstić information content (AvgIpc) is 2.78. The van der Waals surface area contributed by atoms with Crippen LogP contribution in [0.3, 0.4) is 0 Å². The van der Waals surface area contributed by atoms with Crippen LogP contribution in [-0.2, 0) is 25.2 Å². The summed E-state index contributed by atoms with van der Waals surface area (Å²) in [7, 11) is 1.43. The lowest BCUT2D eigenvalue weighted by molar-refractivity contribution is -0.137. The quantitative estimate of drug-likeness (QED) is 0.420. The lowest BCUT2D eigenvalue weighted by Gasteiger charge is -2.21. The zero-order chi connectivity index (χ0) is 24.9. The van der Waals surface area contributed by atoms with E-state index in [9.17, 15) is 27.6 Å². The van der Waals surface area contributed by atoms with Crippen LogP contribution in [0.15, 0.2) is 41.3 Å². The van der Waals surface area contributed by atoms with Gasteiger partial charge in [-0.25, -0.2) is 4.79 Å². The molecule has 0 saturated carbocycles. The molecule has 12 heteroatoms. The van der Waals surface area contributed by atoms with Gasteiger partial charge in [0.05, 0.1) is 34.4 Å². The van der Waals surface area contributed by atoms with Gasteiger partial charge in [-0.1, -0.05) is 0 Å². The topological polar surface area (TPSA) is 103 Å². The number of nitrogens with one attached hydrogen (secondary N) is 2. The Hall–Kier alpha value is -3.25. The van der Waals surface area contributed by atoms with Crippen LogP contribution in [-0.4, -0.2) is 50.0 Å². The van der Waals surface area contributed by atoms with Gasteiger partial charge in [0, 0.05) is 12.0 Å². The molecule has 1 atom stereocenters. The third kappa shape index (κ3) is 6.41. The fraction of sp³-hybridized carbons (Fsp3) is 0.318. The molecule has 2 aromatic rings. The number of halogens is 3. The number of benzene rings is 2. The number of amides is 2. The van der Waals surface area contributed by atoms with E-state index in [-0.39, 0.29) is 41.4 Å². The number of thioether (sulfide) groups is 1. The lowest BCUT2D eigenvalue weighted by Crippen LogP contribution is -2.26. The molecular weight excluding hydrogens is 477 g/mol. The fourth-order valence-electron chi connectivity index (χ4n) is 2.90. The van der Waals surface area contributed by atoms with Crippen molar-refractivity contribution in [2.75, 3.05) is 37.6 Å². The summed E-state index contributed by atoms with van der Waals surface area (Å²) in [4.78, 5) is 37.3. The highest BCUT2D eigenvalue weighted by Gasteiger charge is 2.31. The standard InChI is InChI=1S/C22H21F3N2O6S/c1-12-20(29)27-16-9-13(3-6-18(16)34-12)21(30)33-11-19(28)26-15-10-14(22(23,24)25)4-5-17(15)32-8-7-31-2/h3-6,9-10,12H,7-8,11H2,1-2H3,(H,26,28)(H,27,29)/t12-/m1/s1. The van der Waals surface area contributed by atoms with Gasteiger partial charge in [-0.3, -0.25) is 9.59 Å². The first kappa shape index (κ1) is 25.4. The predicted octanol–water partition coefficient (Wildman–Crippen LogP) is 3.96. The maximum absolute atomic E-state index is 13.1. The second-order valence-corrected chi connectivity index (χ2v) is 8.52.